The van der Waals surface area contributed by atoms with Gasteiger partial charge in [-0.05, 0) is 56.2 Å². The maximum absolute atomic E-state index is 13.0. The lowest BCUT2D eigenvalue weighted by Crippen LogP contribution is -2.11. The molecule has 2 aromatic carbocycles. The summed E-state index contributed by atoms with van der Waals surface area (Å²) in [5.41, 5.74) is 2.49. The van der Waals surface area contributed by atoms with Gasteiger partial charge in [0.1, 0.15) is 5.58 Å². The van der Waals surface area contributed by atoms with Crippen LogP contribution in [-0.4, -0.2) is 19.2 Å². The van der Waals surface area contributed by atoms with Gasteiger partial charge in [-0.25, -0.2) is 4.79 Å². The second-order valence-corrected chi connectivity index (χ2v) is 6.18. The van der Waals surface area contributed by atoms with E-state index in [1.54, 1.807) is 32.1 Å². The van der Waals surface area contributed by atoms with Crippen LogP contribution < -0.4 is 10.2 Å². The Labute approximate surface area is 163 Å². The Morgan fingerprint density at radius 3 is 2.57 bits per heavy atom. The standard InChI is InChI=1S/C23H22O5/c1-4-26-22-20(13-10-16-9-7-6-8-15(16)3)28-19-12-11-17(23(25)27-5-2)14-18(19)21(22)24/h6-14H,4-5H2,1-3H3/b13-10+. The van der Waals surface area contributed by atoms with Crippen molar-refractivity contribution in [2.75, 3.05) is 13.2 Å². The van der Waals surface area contributed by atoms with Gasteiger partial charge in [0, 0.05) is 0 Å². The highest BCUT2D eigenvalue weighted by Crippen LogP contribution is 2.25. The van der Waals surface area contributed by atoms with E-state index in [0.717, 1.165) is 11.1 Å². The summed E-state index contributed by atoms with van der Waals surface area (Å²) in [5.74, 6) is -0.0161. The van der Waals surface area contributed by atoms with Crippen LogP contribution in [0.15, 0.2) is 51.7 Å². The molecule has 0 aliphatic carbocycles. The first-order valence-electron chi connectivity index (χ1n) is 9.19. The monoisotopic (exact) mass is 378 g/mol. The average Bonchev–Trinajstić information content (AvgIpc) is 2.70. The Kier molecular flexibility index (Phi) is 5.94. The van der Waals surface area contributed by atoms with E-state index in [1.807, 2.05) is 37.3 Å². The van der Waals surface area contributed by atoms with Crippen molar-refractivity contribution in [1.82, 2.24) is 0 Å². The van der Waals surface area contributed by atoms with Gasteiger partial charge in [-0.1, -0.05) is 30.3 Å². The molecule has 1 aromatic heterocycles. The molecular formula is C23H22O5. The summed E-state index contributed by atoms with van der Waals surface area (Å²) in [7, 11) is 0. The Morgan fingerprint density at radius 2 is 1.86 bits per heavy atom. The quantitative estimate of drug-likeness (QED) is 0.574. The van der Waals surface area contributed by atoms with Crippen molar-refractivity contribution in [2.45, 2.75) is 20.8 Å². The number of hydrogen-bond donors (Lipinski definition) is 0. The van der Waals surface area contributed by atoms with Gasteiger partial charge in [0.05, 0.1) is 24.2 Å². The molecule has 0 bridgehead atoms. The molecule has 0 atom stereocenters. The molecule has 0 radical (unpaired) electrons. The lowest BCUT2D eigenvalue weighted by molar-refractivity contribution is 0.0526. The van der Waals surface area contributed by atoms with Gasteiger partial charge >= 0.3 is 5.97 Å². The highest BCUT2D eigenvalue weighted by molar-refractivity contribution is 5.94. The minimum Gasteiger partial charge on any atom is -0.487 e. The highest BCUT2D eigenvalue weighted by Gasteiger charge is 2.16. The predicted molar refractivity (Wildman–Crippen MR) is 110 cm³/mol. The summed E-state index contributed by atoms with van der Waals surface area (Å²) in [4.78, 5) is 25.0. The Hall–Kier alpha value is -3.34. The number of aryl methyl sites for hydroxylation is 1. The molecule has 0 fully saturated rings. The van der Waals surface area contributed by atoms with E-state index >= 15 is 0 Å². The lowest BCUT2D eigenvalue weighted by atomic mass is 10.1. The minimum absolute atomic E-state index is 0.126. The number of carbonyl (C=O) groups is 1. The van der Waals surface area contributed by atoms with Crippen LogP contribution in [0.3, 0.4) is 0 Å². The summed E-state index contributed by atoms with van der Waals surface area (Å²) < 4.78 is 16.5. The Morgan fingerprint density at radius 1 is 1.07 bits per heavy atom. The molecule has 5 nitrogen and oxygen atoms in total. The summed E-state index contributed by atoms with van der Waals surface area (Å²) in [6.45, 7) is 6.12. The second kappa shape index (κ2) is 8.57. The Bertz CT molecular complexity index is 1090. The number of fused-ring (bicyclic) bond motifs is 1. The van der Waals surface area contributed by atoms with E-state index in [0.29, 0.717) is 23.5 Å². The summed E-state index contributed by atoms with van der Waals surface area (Å²) in [6, 6.07) is 12.6. The molecule has 3 rings (SSSR count). The van der Waals surface area contributed by atoms with Crippen LogP contribution in [0, 0.1) is 6.92 Å². The molecule has 0 spiro atoms. The zero-order chi connectivity index (χ0) is 20.1. The van der Waals surface area contributed by atoms with Gasteiger partial charge < -0.3 is 13.9 Å². The number of esters is 1. The van der Waals surface area contributed by atoms with E-state index in [2.05, 4.69) is 0 Å². The molecule has 0 N–H and O–H groups in total. The second-order valence-electron chi connectivity index (χ2n) is 6.18. The van der Waals surface area contributed by atoms with Crippen molar-refractivity contribution in [3.63, 3.8) is 0 Å². The van der Waals surface area contributed by atoms with Gasteiger partial charge in [0.25, 0.3) is 0 Å². The molecule has 0 aliphatic heterocycles. The number of rotatable bonds is 6. The fourth-order valence-corrected chi connectivity index (χ4v) is 2.87. The lowest BCUT2D eigenvalue weighted by Gasteiger charge is -2.09. The average molecular weight is 378 g/mol. The molecule has 3 aromatic rings. The van der Waals surface area contributed by atoms with Gasteiger partial charge in [-0.2, -0.15) is 0 Å². The summed E-state index contributed by atoms with van der Waals surface area (Å²) >= 11 is 0. The first kappa shape index (κ1) is 19.4. The topological polar surface area (TPSA) is 65.7 Å². The molecule has 5 heteroatoms. The largest absolute Gasteiger partial charge is 0.487 e. The fraction of sp³-hybridized carbons (Fsp3) is 0.217. The van der Waals surface area contributed by atoms with Gasteiger partial charge in [0.2, 0.25) is 11.2 Å². The first-order valence-corrected chi connectivity index (χ1v) is 9.19. The van der Waals surface area contributed by atoms with E-state index in [1.165, 1.54) is 6.07 Å². The van der Waals surface area contributed by atoms with Crippen molar-refractivity contribution < 1.29 is 18.7 Å². The minimum atomic E-state index is -0.481. The van der Waals surface area contributed by atoms with Crippen molar-refractivity contribution in [2.24, 2.45) is 0 Å². The van der Waals surface area contributed by atoms with Crippen LogP contribution >= 0.6 is 0 Å². The third kappa shape index (κ3) is 3.98. The smallest absolute Gasteiger partial charge is 0.338 e. The molecule has 0 saturated carbocycles. The van der Waals surface area contributed by atoms with E-state index < -0.39 is 5.97 Å². The predicted octanol–water partition coefficient (Wildman–Crippen LogP) is 4.85. The summed E-state index contributed by atoms with van der Waals surface area (Å²) in [6.07, 6.45) is 3.61. The maximum Gasteiger partial charge on any atom is 0.338 e. The van der Waals surface area contributed by atoms with E-state index in [9.17, 15) is 9.59 Å². The molecular weight excluding hydrogens is 356 g/mol. The SMILES string of the molecule is CCOC(=O)c1ccc2oc(/C=C/c3ccccc3C)c(OCC)c(=O)c2c1. The van der Waals surface area contributed by atoms with Crippen molar-refractivity contribution in [3.8, 4) is 5.75 Å². The molecule has 0 aliphatic rings. The van der Waals surface area contributed by atoms with Crippen LogP contribution in [0.5, 0.6) is 5.75 Å². The number of benzene rings is 2. The third-order valence-corrected chi connectivity index (χ3v) is 4.28. The number of ether oxygens (including phenoxy) is 2. The highest BCUT2D eigenvalue weighted by atomic mass is 16.5. The van der Waals surface area contributed by atoms with Gasteiger partial charge in [0.15, 0.2) is 5.76 Å². The van der Waals surface area contributed by atoms with Crippen molar-refractivity contribution >= 4 is 29.1 Å². The van der Waals surface area contributed by atoms with E-state index in [4.69, 9.17) is 13.9 Å². The number of hydrogen-bond acceptors (Lipinski definition) is 5. The third-order valence-electron chi connectivity index (χ3n) is 4.28. The Balaban J connectivity index is 2.11. The first-order chi connectivity index (χ1) is 13.5. The van der Waals surface area contributed by atoms with Gasteiger partial charge in [-0.3, -0.25) is 4.79 Å². The molecule has 0 unspecified atom stereocenters. The fourth-order valence-electron chi connectivity index (χ4n) is 2.87. The van der Waals surface area contributed by atoms with Crippen LogP contribution in [0.4, 0.5) is 0 Å². The molecule has 28 heavy (non-hydrogen) atoms. The van der Waals surface area contributed by atoms with Crippen LogP contribution in [0.2, 0.25) is 0 Å². The maximum atomic E-state index is 13.0. The molecule has 1 heterocycles. The molecule has 0 amide bonds. The van der Waals surface area contributed by atoms with Crippen LogP contribution in [0.25, 0.3) is 23.1 Å². The van der Waals surface area contributed by atoms with E-state index in [-0.39, 0.29) is 23.2 Å². The normalized spacial score (nSPS) is 11.1. The van der Waals surface area contributed by atoms with Gasteiger partial charge in [-0.15, -0.1) is 0 Å². The molecule has 144 valence electrons. The zero-order valence-corrected chi connectivity index (χ0v) is 16.2. The molecule has 0 saturated heterocycles. The zero-order valence-electron chi connectivity index (χ0n) is 16.2. The van der Waals surface area contributed by atoms with Crippen LogP contribution in [0.1, 0.15) is 41.1 Å². The summed E-state index contributed by atoms with van der Waals surface area (Å²) in [5, 5.41) is 0.280. The van der Waals surface area contributed by atoms with Crippen LogP contribution in [-0.2, 0) is 4.74 Å². The van der Waals surface area contributed by atoms with Crippen molar-refractivity contribution in [3.05, 3.63) is 75.1 Å². The van der Waals surface area contributed by atoms with Crippen molar-refractivity contribution in [1.29, 1.82) is 0 Å². The number of carbonyl (C=O) groups excluding carboxylic acids is 1.